The van der Waals surface area contributed by atoms with E-state index in [1.54, 1.807) is 7.11 Å². The summed E-state index contributed by atoms with van der Waals surface area (Å²) in [6.07, 6.45) is 1.97. The number of methoxy groups -OCH3 is 1. The average Bonchev–Trinajstić information content (AvgIpc) is 2.89. The number of benzene rings is 2. The number of hydrogen-bond acceptors (Lipinski definition) is 3. The van der Waals surface area contributed by atoms with Gasteiger partial charge in [0, 0.05) is 6.07 Å². The quantitative estimate of drug-likeness (QED) is 0.756. The summed E-state index contributed by atoms with van der Waals surface area (Å²) in [6.45, 7) is -0.158. The molecule has 1 aliphatic heterocycles. The van der Waals surface area contributed by atoms with Crippen molar-refractivity contribution < 1.29 is 23.1 Å². The van der Waals surface area contributed by atoms with Gasteiger partial charge in [-0.25, -0.2) is 13.6 Å². The Balaban J connectivity index is 1.55. The molecular weight excluding hydrogens is 354 g/mol. The van der Waals surface area contributed by atoms with Gasteiger partial charge in [0.15, 0.2) is 0 Å². The van der Waals surface area contributed by atoms with E-state index in [0.29, 0.717) is 12.8 Å². The predicted molar refractivity (Wildman–Crippen MR) is 95.2 cm³/mol. The van der Waals surface area contributed by atoms with Crippen molar-refractivity contribution in [3.63, 3.8) is 0 Å². The molecule has 1 aliphatic rings. The van der Waals surface area contributed by atoms with Crippen LogP contribution >= 0.6 is 0 Å². The second-order valence-corrected chi connectivity index (χ2v) is 6.44. The normalized spacial score (nSPS) is 16.6. The second-order valence-electron chi connectivity index (χ2n) is 6.44. The average molecular weight is 374 g/mol. The molecule has 5 nitrogen and oxygen atoms in total. The van der Waals surface area contributed by atoms with Crippen LogP contribution in [-0.4, -0.2) is 30.0 Å². The monoisotopic (exact) mass is 374 g/mol. The molecule has 0 aromatic heterocycles. The SMILES string of the molecule is COc1ccc(CCCC2NC(=O)N(Cc3cc(F)cc(F)c3)C2=O)cc1. The van der Waals surface area contributed by atoms with Crippen molar-refractivity contribution >= 4 is 11.9 Å². The molecule has 1 N–H and O–H groups in total. The molecule has 7 heteroatoms. The molecule has 0 spiro atoms. The second kappa shape index (κ2) is 8.16. The number of amides is 3. The molecule has 0 bridgehead atoms. The molecule has 3 rings (SSSR count). The van der Waals surface area contributed by atoms with E-state index in [2.05, 4.69) is 5.32 Å². The van der Waals surface area contributed by atoms with Crippen LogP contribution in [0.2, 0.25) is 0 Å². The van der Waals surface area contributed by atoms with E-state index in [-0.39, 0.29) is 18.0 Å². The number of urea groups is 1. The standard InChI is InChI=1S/C20H20F2N2O3/c1-27-17-7-5-13(6-8-17)3-2-4-18-19(25)24(20(26)23-18)12-14-9-15(21)11-16(22)10-14/h5-11,18H,2-4,12H2,1H3,(H,23,26). The lowest BCUT2D eigenvalue weighted by atomic mass is 10.0. The maximum absolute atomic E-state index is 13.3. The van der Waals surface area contributed by atoms with Gasteiger partial charge in [0.05, 0.1) is 13.7 Å². The molecule has 2 aromatic carbocycles. The van der Waals surface area contributed by atoms with Crippen molar-refractivity contribution in [2.24, 2.45) is 0 Å². The summed E-state index contributed by atoms with van der Waals surface area (Å²) >= 11 is 0. The van der Waals surface area contributed by atoms with Crippen molar-refractivity contribution in [1.82, 2.24) is 10.2 Å². The van der Waals surface area contributed by atoms with E-state index in [1.807, 2.05) is 24.3 Å². The number of nitrogens with one attached hydrogen (secondary N) is 1. The van der Waals surface area contributed by atoms with E-state index < -0.39 is 23.7 Å². The molecule has 2 aromatic rings. The Labute approximate surface area is 155 Å². The summed E-state index contributed by atoms with van der Waals surface area (Å²) in [7, 11) is 1.60. The van der Waals surface area contributed by atoms with Crippen LogP contribution in [0.15, 0.2) is 42.5 Å². The summed E-state index contributed by atoms with van der Waals surface area (Å²) in [5, 5.41) is 2.64. The number of ether oxygens (including phenoxy) is 1. The van der Waals surface area contributed by atoms with Gasteiger partial charge in [0.2, 0.25) is 0 Å². The Hall–Kier alpha value is -2.96. The number of hydrogen-bond donors (Lipinski definition) is 1. The molecule has 1 unspecified atom stereocenters. The first-order valence-corrected chi connectivity index (χ1v) is 8.66. The molecule has 1 saturated heterocycles. The molecule has 1 atom stereocenters. The van der Waals surface area contributed by atoms with E-state index in [9.17, 15) is 18.4 Å². The van der Waals surface area contributed by atoms with E-state index in [1.165, 1.54) is 0 Å². The van der Waals surface area contributed by atoms with Crippen molar-refractivity contribution in [3.8, 4) is 5.75 Å². The predicted octanol–water partition coefficient (Wildman–Crippen LogP) is 3.42. The largest absolute Gasteiger partial charge is 0.497 e. The highest BCUT2D eigenvalue weighted by Gasteiger charge is 2.37. The first-order valence-electron chi connectivity index (χ1n) is 8.66. The fourth-order valence-corrected chi connectivity index (χ4v) is 3.11. The van der Waals surface area contributed by atoms with Gasteiger partial charge in [0.1, 0.15) is 23.4 Å². The maximum atomic E-state index is 13.3. The van der Waals surface area contributed by atoms with E-state index in [4.69, 9.17) is 4.74 Å². The van der Waals surface area contributed by atoms with E-state index >= 15 is 0 Å². The summed E-state index contributed by atoms with van der Waals surface area (Å²) in [6, 6.07) is 9.47. The fourth-order valence-electron chi connectivity index (χ4n) is 3.11. The van der Waals surface area contributed by atoms with Gasteiger partial charge < -0.3 is 10.1 Å². The van der Waals surface area contributed by atoms with E-state index in [0.717, 1.165) is 40.8 Å². The van der Waals surface area contributed by atoms with Crippen LogP contribution in [-0.2, 0) is 17.8 Å². The molecule has 27 heavy (non-hydrogen) atoms. The highest BCUT2D eigenvalue weighted by atomic mass is 19.1. The molecular formula is C20H20F2N2O3. The van der Waals surface area contributed by atoms with Gasteiger partial charge in [-0.05, 0) is 54.7 Å². The number of aryl methyl sites for hydroxylation is 1. The third kappa shape index (κ3) is 4.61. The van der Waals surface area contributed by atoms with Gasteiger partial charge in [-0.1, -0.05) is 12.1 Å². The minimum atomic E-state index is -0.743. The highest BCUT2D eigenvalue weighted by molar-refractivity contribution is 6.04. The molecule has 0 aliphatic carbocycles. The Morgan fingerprint density at radius 2 is 1.70 bits per heavy atom. The van der Waals surface area contributed by atoms with Crippen LogP contribution < -0.4 is 10.1 Å². The number of carbonyl (C=O) groups excluding carboxylic acids is 2. The third-order valence-electron chi connectivity index (χ3n) is 4.49. The third-order valence-corrected chi connectivity index (χ3v) is 4.49. The number of nitrogens with zero attached hydrogens (tertiary/aromatic N) is 1. The topological polar surface area (TPSA) is 58.6 Å². The molecule has 0 saturated carbocycles. The first-order chi connectivity index (χ1) is 13.0. The van der Waals surface area contributed by atoms with Crippen LogP contribution in [0.4, 0.5) is 13.6 Å². The minimum absolute atomic E-state index is 0.158. The number of carbonyl (C=O) groups is 2. The summed E-state index contributed by atoms with van der Waals surface area (Å²) in [5.74, 6) is -1.08. The minimum Gasteiger partial charge on any atom is -0.497 e. The lowest BCUT2D eigenvalue weighted by Crippen LogP contribution is -2.31. The van der Waals surface area contributed by atoms with Crippen LogP contribution in [0.1, 0.15) is 24.0 Å². The van der Waals surface area contributed by atoms with Crippen LogP contribution in [0, 0.1) is 11.6 Å². The van der Waals surface area contributed by atoms with Crippen LogP contribution in [0.5, 0.6) is 5.75 Å². The van der Waals surface area contributed by atoms with Crippen molar-refractivity contribution in [1.29, 1.82) is 0 Å². The zero-order valence-electron chi connectivity index (χ0n) is 14.9. The molecule has 1 heterocycles. The van der Waals surface area contributed by atoms with Crippen molar-refractivity contribution in [2.75, 3.05) is 7.11 Å². The van der Waals surface area contributed by atoms with Gasteiger partial charge in [-0.2, -0.15) is 0 Å². The Morgan fingerprint density at radius 1 is 1.04 bits per heavy atom. The lowest BCUT2D eigenvalue weighted by Gasteiger charge is -2.13. The molecule has 0 radical (unpaired) electrons. The van der Waals surface area contributed by atoms with Crippen molar-refractivity contribution in [2.45, 2.75) is 31.8 Å². The lowest BCUT2D eigenvalue weighted by molar-refractivity contribution is -0.128. The highest BCUT2D eigenvalue weighted by Crippen LogP contribution is 2.18. The van der Waals surface area contributed by atoms with Crippen LogP contribution in [0.3, 0.4) is 0 Å². The van der Waals surface area contributed by atoms with Gasteiger partial charge in [-0.15, -0.1) is 0 Å². The summed E-state index contributed by atoms with van der Waals surface area (Å²) in [4.78, 5) is 25.5. The molecule has 142 valence electrons. The Kier molecular flexibility index (Phi) is 5.69. The maximum Gasteiger partial charge on any atom is 0.325 e. The molecule has 3 amide bonds. The summed E-state index contributed by atoms with van der Waals surface area (Å²) < 4.78 is 31.7. The Morgan fingerprint density at radius 3 is 2.33 bits per heavy atom. The zero-order chi connectivity index (χ0) is 19.4. The fraction of sp³-hybridized carbons (Fsp3) is 0.300. The van der Waals surface area contributed by atoms with Gasteiger partial charge in [-0.3, -0.25) is 9.69 Å². The zero-order valence-corrected chi connectivity index (χ0v) is 14.9. The number of rotatable bonds is 7. The molecule has 1 fully saturated rings. The number of halogens is 2. The first kappa shape index (κ1) is 18.8. The van der Waals surface area contributed by atoms with Gasteiger partial charge >= 0.3 is 6.03 Å². The summed E-state index contributed by atoms with van der Waals surface area (Å²) in [5.41, 5.74) is 1.34. The van der Waals surface area contributed by atoms with Crippen molar-refractivity contribution in [3.05, 3.63) is 65.2 Å². The number of imide groups is 1. The smallest absolute Gasteiger partial charge is 0.325 e. The Bertz CT molecular complexity index is 819. The van der Waals surface area contributed by atoms with Gasteiger partial charge in [0.25, 0.3) is 5.91 Å². The van der Waals surface area contributed by atoms with Crippen LogP contribution in [0.25, 0.3) is 0 Å².